The molecule has 1 heterocycles. The molecule has 6 nitrogen and oxygen atoms in total. The Bertz CT molecular complexity index is 526. The standard InChI is InChI=1S/C15H23N5O/c1-19(2)15(13-6-4-3-5-7-13)11-16-10-14-12-20(8-9-21)18-17-14/h3-7,12,15-16,21H,8-11H2,1-2H3. The molecule has 114 valence electrons. The van der Waals surface area contributed by atoms with Crippen LogP contribution in [0, 0.1) is 0 Å². The van der Waals surface area contributed by atoms with E-state index < -0.39 is 0 Å². The summed E-state index contributed by atoms with van der Waals surface area (Å²) >= 11 is 0. The highest BCUT2D eigenvalue weighted by atomic mass is 16.3. The van der Waals surface area contributed by atoms with Crippen molar-refractivity contribution in [1.29, 1.82) is 0 Å². The summed E-state index contributed by atoms with van der Waals surface area (Å²) in [7, 11) is 4.16. The molecule has 0 aliphatic carbocycles. The van der Waals surface area contributed by atoms with Crippen molar-refractivity contribution in [1.82, 2.24) is 25.2 Å². The number of likely N-dealkylation sites (N-methyl/N-ethyl adjacent to an activating group) is 1. The Hall–Kier alpha value is -1.76. The molecule has 0 fully saturated rings. The lowest BCUT2D eigenvalue weighted by molar-refractivity contribution is 0.268. The molecule has 0 spiro atoms. The van der Waals surface area contributed by atoms with Crippen molar-refractivity contribution in [3.05, 3.63) is 47.8 Å². The third kappa shape index (κ3) is 4.63. The van der Waals surface area contributed by atoms with E-state index in [1.54, 1.807) is 4.68 Å². The predicted molar refractivity (Wildman–Crippen MR) is 81.7 cm³/mol. The van der Waals surface area contributed by atoms with Crippen molar-refractivity contribution in [2.75, 3.05) is 27.2 Å². The summed E-state index contributed by atoms with van der Waals surface area (Å²) in [4.78, 5) is 2.20. The second kappa shape index (κ2) is 7.87. The summed E-state index contributed by atoms with van der Waals surface area (Å²) in [6.45, 7) is 2.07. The van der Waals surface area contributed by atoms with Gasteiger partial charge in [-0.05, 0) is 19.7 Å². The normalized spacial score (nSPS) is 12.8. The fourth-order valence-corrected chi connectivity index (χ4v) is 2.24. The van der Waals surface area contributed by atoms with Crippen LogP contribution in [0.4, 0.5) is 0 Å². The zero-order chi connectivity index (χ0) is 15.1. The first kappa shape index (κ1) is 15.6. The minimum atomic E-state index is 0.0763. The van der Waals surface area contributed by atoms with Gasteiger partial charge in [0, 0.05) is 25.3 Å². The second-order valence-electron chi connectivity index (χ2n) is 5.22. The van der Waals surface area contributed by atoms with Gasteiger partial charge in [0.15, 0.2) is 0 Å². The number of benzene rings is 1. The van der Waals surface area contributed by atoms with Crippen LogP contribution in [0.15, 0.2) is 36.5 Å². The number of nitrogens with one attached hydrogen (secondary N) is 1. The van der Waals surface area contributed by atoms with Gasteiger partial charge >= 0.3 is 0 Å². The maximum Gasteiger partial charge on any atom is 0.0964 e. The van der Waals surface area contributed by atoms with Gasteiger partial charge in [0.25, 0.3) is 0 Å². The first-order valence-corrected chi connectivity index (χ1v) is 7.12. The van der Waals surface area contributed by atoms with Crippen LogP contribution in [0.3, 0.4) is 0 Å². The highest BCUT2D eigenvalue weighted by Crippen LogP contribution is 2.16. The Morgan fingerprint density at radius 3 is 2.71 bits per heavy atom. The van der Waals surface area contributed by atoms with Gasteiger partial charge in [-0.1, -0.05) is 35.5 Å². The van der Waals surface area contributed by atoms with Gasteiger partial charge in [-0.2, -0.15) is 0 Å². The quantitative estimate of drug-likeness (QED) is 0.747. The molecule has 0 aliphatic rings. The number of rotatable bonds is 8. The fourth-order valence-electron chi connectivity index (χ4n) is 2.24. The van der Waals surface area contributed by atoms with Gasteiger partial charge in [0.2, 0.25) is 0 Å². The molecule has 0 amide bonds. The summed E-state index contributed by atoms with van der Waals surface area (Å²) in [5.74, 6) is 0. The lowest BCUT2D eigenvalue weighted by atomic mass is 10.1. The summed E-state index contributed by atoms with van der Waals surface area (Å²) in [5.41, 5.74) is 2.17. The molecule has 2 rings (SSSR count). The molecule has 1 unspecified atom stereocenters. The van der Waals surface area contributed by atoms with E-state index in [4.69, 9.17) is 5.11 Å². The van der Waals surface area contributed by atoms with E-state index in [0.29, 0.717) is 19.1 Å². The molecular formula is C15H23N5O. The Kier molecular flexibility index (Phi) is 5.86. The van der Waals surface area contributed by atoms with Crippen LogP contribution >= 0.6 is 0 Å². The van der Waals surface area contributed by atoms with Crippen molar-refractivity contribution in [3.8, 4) is 0 Å². The maximum atomic E-state index is 8.86. The number of hydrogen-bond acceptors (Lipinski definition) is 5. The Balaban J connectivity index is 1.87. The van der Waals surface area contributed by atoms with Crippen molar-refractivity contribution in [3.63, 3.8) is 0 Å². The first-order chi connectivity index (χ1) is 10.2. The highest BCUT2D eigenvalue weighted by Gasteiger charge is 2.13. The van der Waals surface area contributed by atoms with Crippen molar-refractivity contribution < 1.29 is 5.11 Å². The van der Waals surface area contributed by atoms with Gasteiger partial charge in [0.1, 0.15) is 0 Å². The SMILES string of the molecule is CN(C)C(CNCc1cn(CCO)nn1)c1ccccc1. The lowest BCUT2D eigenvalue weighted by Crippen LogP contribution is -2.30. The van der Waals surface area contributed by atoms with Gasteiger partial charge < -0.3 is 15.3 Å². The lowest BCUT2D eigenvalue weighted by Gasteiger charge is -2.25. The van der Waals surface area contributed by atoms with Crippen molar-refractivity contribution in [2.24, 2.45) is 0 Å². The molecule has 1 atom stereocenters. The first-order valence-electron chi connectivity index (χ1n) is 7.12. The number of aromatic nitrogens is 3. The van der Waals surface area contributed by atoms with Crippen LogP contribution in [0.25, 0.3) is 0 Å². The monoisotopic (exact) mass is 289 g/mol. The third-order valence-corrected chi connectivity index (χ3v) is 3.37. The number of hydrogen-bond donors (Lipinski definition) is 2. The number of aliphatic hydroxyl groups excluding tert-OH is 1. The molecule has 0 radical (unpaired) electrons. The third-order valence-electron chi connectivity index (χ3n) is 3.37. The van der Waals surface area contributed by atoms with Crippen molar-refractivity contribution >= 4 is 0 Å². The topological polar surface area (TPSA) is 66.2 Å². The molecule has 0 aliphatic heterocycles. The summed E-state index contributed by atoms with van der Waals surface area (Å²) in [5, 5.41) is 20.3. The molecule has 1 aromatic heterocycles. The van der Waals surface area contributed by atoms with Gasteiger partial charge in [-0.15, -0.1) is 5.10 Å². The molecule has 0 saturated carbocycles. The second-order valence-corrected chi connectivity index (χ2v) is 5.22. The van der Waals surface area contributed by atoms with Gasteiger partial charge in [0.05, 0.1) is 18.8 Å². The Labute approximate surface area is 125 Å². The van der Waals surface area contributed by atoms with E-state index in [2.05, 4.69) is 58.9 Å². The Morgan fingerprint density at radius 1 is 1.29 bits per heavy atom. The molecule has 0 saturated heterocycles. The fraction of sp³-hybridized carbons (Fsp3) is 0.467. The van der Waals surface area contributed by atoms with Crippen LogP contribution < -0.4 is 5.32 Å². The van der Waals surface area contributed by atoms with E-state index in [9.17, 15) is 0 Å². The average molecular weight is 289 g/mol. The minimum Gasteiger partial charge on any atom is -0.394 e. The van der Waals surface area contributed by atoms with Crippen LogP contribution in [0.2, 0.25) is 0 Å². The van der Waals surface area contributed by atoms with E-state index in [0.717, 1.165) is 12.2 Å². The van der Waals surface area contributed by atoms with Crippen molar-refractivity contribution in [2.45, 2.75) is 19.1 Å². The van der Waals surface area contributed by atoms with Crippen LogP contribution in [0.1, 0.15) is 17.3 Å². The largest absolute Gasteiger partial charge is 0.394 e. The zero-order valence-corrected chi connectivity index (χ0v) is 12.6. The van der Waals surface area contributed by atoms with Gasteiger partial charge in [-0.3, -0.25) is 0 Å². The molecule has 1 aromatic carbocycles. The highest BCUT2D eigenvalue weighted by molar-refractivity contribution is 5.19. The number of aliphatic hydroxyl groups is 1. The molecule has 21 heavy (non-hydrogen) atoms. The molecule has 6 heteroatoms. The molecule has 0 bridgehead atoms. The van der Waals surface area contributed by atoms with E-state index in [1.165, 1.54) is 5.56 Å². The summed E-state index contributed by atoms with van der Waals surface area (Å²) in [6.07, 6.45) is 1.86. The molecular weight excluding hydrogens is 266 g/mol. The average Bonchev–Trinajstić information content (AvgIpc) is 2.92. The van der Waals surface area contributed by atoms with E-state index in [-0.39, 0.29) is 6.61 Å². The van der Waals surface area contributed by atoms with E-state index in [1.807, 2.05) is 12.3 Å². The number of nitrogens with zero attached hydrogens (tertiary/aromatic N) is 4. The van der Waals surface area contributed by atoms with Crippen LogP contribution in [0.5, 0.6) is 0 Å². The summed E-state index contributed by atoms with van der Waals surface area (Å²) < 4.78 is 1.65. The van der Waals surface area contributed by atoms with Gasteiger partial charge in [-0.25, -0.2) is 4.68 Å². The van der Waals surface area contributed by atoms with Crippen LogP contribution in [-0.2, 0) is 13.1 Å². The van der Waals surface area contributed by atoms with E-state index >= 15 is 0 Å². The zero-order valence-electron chi connectivity index (χ0n) is 12.6. The summed E-state index contributed by atoms with van der Waals surface area (Å²) in [6, 6.07) is 10.8. The maximum absolute atomic E-state index is 8.86. The Morgan fingerprint density at radius 2 is 2.05 bits per heavy atom. The van der Waals surface area contributed by atoms with Crippen LogP contribution in [-0.4, -0.2) is 52.2 Å². The molecule has 2 aromatic rings. The predicted octanol–water partition coefficient (Wildman–Crippen LogP) is 0.663. The molecule has 2 N–H and O–H groups in total. The minimum absolute atomic E-state index is 0.0763. The smallest absolute Gasteiger partial charge is 0.0964 e.